The maximum absolute atomic E-state index is 14.3. The number of anilines is 3. The number of likely N-dealkylation sites (N-methyl/N-ethyl adjacent to an activating group) is 1. The van der Waals surface area contributed by atoms with Gasteiger partial charge in [-0.3, -0.25) is 9.69 Å². The molecule has 5 heterocycles. The number of thiophene rings is 1. The molecule has 3 aromatic heterocycles. The number of carbonyl (C=O) groups excluding carboxylic acids is 1. The number of piperazine rings is 1. The topological polar surface area (TPSA) is 98.3 Å². The highest BCUT2D eigenvalue weighted by Crippen LogP contribution is 2.41. The lowest BCUT2D eigenvalue weighted by atomic mass is 10.1. The van der Waals surface area contributed by atoms with Gasteiger partial charge in [0.2, 0.25) is 5.95 Å². The number of benzene rings is 1. The molecule has 1 fully saturated rings. The Morgan fingerprint density at radius 1 is 1.11 bits per heavy atom. The molecule has 1 atom stereocenters. The van der Waals surface area contributed by atoms with Crippen LogP contribution < -0.4 is 16.0 Å². The maximum Gasteiger partial charge on any atom is 0.263 e. The monoisotopic (exact) mass is 520 g/mol. The van der Waals surface area contributed by atoms with E-state index in [0.29, 0.717) is 35.4 Å². The zero-order valence-electron chi connectivity index (χ0n) is 20.8. The minimum absolute atomic E-state index is 0.0365. The second kappa shape index (κ2) is 9.81. The van der Waals surface area contributed by atoms with Crippen LogP contribution >= 0.6 is 11.3 Å². The summed E-state index contributed by atoms with van der Waals surface area (Å²) in [6.45, 7) is 7.01. The number of rotatable bonds is 5. The lowest BCUT2D eigenvalue weighted by molar-refractivity contribution is 0.0945. The minimum Gasteiger partial charge on any atom is -0.381 e. The number of aromatic nitrogens is 3. The molecule has 192 valence electrons. The van der Waals surface area contributed by atoms with E-state index < -0.39 is 5.95 Å². The molecule has 11 heteroatoms. The molecule has 0 saturated carbocycles. The Morgan fingerprint density at radius 3 is 2.76 bits per heavy atom. The fourth-order valence-electron chi connectivity index (χ4n) is 4.91. The molecule has 0 bridgehead atoms. The van der Waals surface area contributed by atoms with Gasteiger partial charge in [0.15, 0.2) is 0 Å². The van der Waals surface area contributed by atoms with Crippen LogP contribution in [0.4, 0.5) is 21.7 Å². The van der Waals surface area contributed by atoms with Gasteiger partial charge in [-0.25, -0.2) is 15.0 Å². The molecule has 1 saturated heterocycles. The highest BCUT2D eigenvalue weighted by atomic mass is 32.1. The largest absolute Gasteiger partial charge is 0.381 e. The molecular formula is C26H29FN8OS. The van der Waals surface area contributed by atoms with Crippen molar-refractivity contribution < 1.29 is 9.18 Å². The SMILES string of the molecule is CC[C@@H]1CNc2c(sc3ccc4nc(Nc5cc(F)nc(CN6CCN(C)CC6)n5)ccc4c23)C(=O)N1. The molecule has 0 unspecified atom stereocenters. The average Bonchev–Trinajstić information content (AvgIpc) is 3.19. The molecule has 1 aromatic carbocycles. The van der Waals surface area contributed by atoms with Crippen LogP contribution in [0.5, 0.6) is 0 Å². The van der Waals surface area contributed by atoms with Crippen molar-refractivity contribution in [3.8, 4) is 0 Å². The molecule has 6 rings (SSSR count). The van der Waals surface area contributed by atoms with Crippen LogP contribution in [0.3, 0.4) is 0 Å². The number of halogens is 1. The van der Waals surface area contributed by atoms with E-state index in [4.69, 9.17) is 4.98 Å². The first-order valence-electron chi connectivity index (χ1n) is 12.6. The molecule has 9 nitrogen and oxygen atoms in total. The second-order valence-corrected chi connectivity index (χ2v) is 10.7. The summed E-state index contributed by atoms with van der Waals surface area (Å²) in [6, 6.07) is 9.18. The van der Waals surface area contributed by atoms with Gasteiger partial charge in [0.1, 0.15) is 22.3 Å². The second-order valence-electron chi connectivity index (χ2n) is 9.66. The van der Waals surface area contributed by atoms with E-state index in [1.54, 1.807) is 0 Å². The van der Waals surface area contributed by atoms with Crippen molar-refractivity contribution in [1.29, 1.82) is 0 Å². The molecule has 1 amide bonds. The van der Waals surface area contributed by atoms with E-state index in [9.17, 15) is 9.18 Å². The van der Waals surface area contributed by atoms with Crippen molar-refractivity contribution in [2.45, 2.75) is 25.9 Å². The summed E-state index contributed by atoms with van der Waals surface area (Å²) in [6.07, 6.45) is 0.865. The zero-order chi connectivity index (χ0) is 25.5. The van der Waals surface area contributed by atoms with Gasteiger partial charge in [-0.05, 0) is 37.7 Å². The summed E-state index contributed by atoms with van der Waals surface area (Å²) in [5, 5.41) is 11.7. The molecule has 37 heavy (non-hydrogen) atoms. The third-order valence-corrected chi connectivity index (χ3v) is 8.19. The number of amides is 1. The van der Waals surface area contributed by atoms with Crippen LogP contribution in [0, 0.1) is 5.95 Å². The van der Waals surface area contributed by atoms with Crippen molar-refractivity contribution >= 4 is 55.6 Å². The molecule has 0 aliphatic carbocycles. The smallest absolute Gasteiger partial charge is 0.263 e. The van der Waals surface area contributed by atoms with E-state index in [1.807, 2.05) is 24.3 Å². The summed E-state index contributed by atoms with van der Waals surface area (Å²) in [4.78, 5) is 31.3. The van der Waals surface area contributed by atoms with Crippen molar-refractivity contribution in [3.63, 3.8) is 0 Å². The van der Waals surface area contributed by atoms with E-state index in [2.05, 4.69) is 49.7 Å². The summed E-state index contributed by atoms with van der Waals surface area (Å²) >= 11 is 1.49. The van der Waals surface area contributed by atoms with Crippen LogP contribution in [0.2, 0.25) is 0 Å². The highest BCUT2D eigenvalue weighted by Gasteiger charge is 2.25. The minimum atomic E-state index is -0.570. The summed E-state index contributed by atoms with van der Waals surface area (Å²) in [5.41, 5.74) is 1.65. The number of nitrogens with one attached hydrogen (secondary N) is 3. The Labute approximate surface area is 218 Å². The van der Waals surface area contributed by atoms with E-state index in [1.165, 1.54) is 17.4 Å². The van der Waals surface area contributed by atoms with E-state index in [-0.39, 0.29) is 11.9 Å². The number of pyridine rings is 1. The number of carbonyl (C=O) groups is 1. The van der Waals surface area contributed by atoms with Gasteiger partial charge in [0, 0.05) is 60.3 Å². The Hall–Kier alpha value is -3.41. The first kappa shape index (κ1) is 24.0. The van der Waals surface area contributed by atoms with Crippen molar-refractivity contribution in [2.24, 2.45) is 0 Å². The zero-order valence-corrected chi connectivity index (χ0v) is 21.7. The van der Waals surface area contributed by atoms with Crippen LogP contribution in [0.15, 0.2) is 30.3 Å². The Bertz CT molecular complexity index is 1480. The van der Waals surface area contributed by atoms with Gasteiger partial charge in [0.25, 0.3) is 5.91 Å². The quantitative estimate of drug-likeness (QED) is 0.342. The van der Waals surface area contributed by atoms with Gasteiger partial charge in [0.05, 0.1) is 17.7 Å². The molecule has 2 aliphatic heterocycles. The van der Waals surface area contributed by atoms with Gasteiger partial charge in [-0.1, -0.05) is 6.92 Å². The number of fused-ring (bicyclic) bond motifs is 5. The van der Waals surface area contributed by atoms with Crippen LogP contribution in [-0.4, -0.2) is 76.5 Å². The Kier molecular flexibility index (Phi) is 6.35. The van der Waals surface area contributed by atoms with Crippen molar-refractivity contribution in [3.05, 3.63) is 47.0 Å². The first-order chi connectivity index (χ1) is 18.0. The van der Waals surface area contributed by atoms with E-state index in [0.717, 1.165) is 59.3 Å². The summed E-state index contributed by atoms with van der Waals surface area (Å²) in [5.74, 6) is 0.780. The predicted molar refractivity (Wildman–Crippen MR) is 145 cm³/mol. The lowest BCUT2D eigenvalue weighted by Gasteiger charge is -2.31. The molecule has 0 radical (unpaired) electrons. The third-order valence-electron chi connectivity index (χ3n) is 7.04. The lowest BCUT2D eigenvalue weighted by Crippen LogP contribution is -2.44. The Morgan fingerprint density at radius 2 is 1.95 bits per heavy atom. The standard InChI is InChI=1S/C26H29FN8OS/c1-3-15-13-28-24-23-16-4-7-20(30-17(16)5-6-18(23)37-25(24)26(36)29-15)32-21-12-19(27)31-22(33-21)14-35-10-8-34(2)9-11-35/h4-7,12,15,28H,3,8-11,13-14H2,1-2H3,(H,29,36)(H,30,31,32,33)/t15-/m1/s1. The van der Waals surface area contributed by atoms with Crippen molar-refractivity contribution in [2.75, 3.05) is 50.4 Å². The average molecular weight is 521 g/mol. The normalized spacial score (nSPS) is 18.9. The molecular weight excluding hydrogens is 491 g/mol. The van der Waals surface area contributed by atoms with Crippen LogP contribution in [-0.2, 0) is 6.54 Å². The van der Waals surface area contributed by atoms with Crippen LogP contribution in [0.1, 0.15) is 28.8 Å². The number of nitrogens with zero attached hydrogens (tertiary/aromatic N) is 5. The fourth-order valence-corrected chi connectivity index (χ4v) is 6.01. The Balaban J connectivity index is 1.28. The van der Waals surface area contributed by atoms with Gasteiger partial charge >= 0.3 is 0 Å². The molecule has 2 aliphatic rings. The third kappa shape index (κ3) is 4.81. The fraction of sp³-hybridized carbons (Fsp3) is 0.385. The summed E-state index contributed by atoms with van der Waals surface area (Å²) < 4.78 is 15.4. The molecule has 0 spiro atoms. The van der Waals surface area contributed by atoms with Gasteiger partial charge < -0.3 is 20.9 Å². The highest BCUT2D eigenvalue weighted by molar-refractivity contribution is 7.21. The van der Waals surface area contributed by atoms with Gasteiger partial charge in [-0.15, -0.1) is 11.3 Å². The predicted octanol–water partition coefficient (Wildman–Crippen LogP) is 3.80. The van der Waals surface area contributed by atoms with E-state index >= 15 is 0 Å². The summed E-state index contributed by atoms with van der Waals surface area (Å²) in [7, 11) is 2.10. The maximum atomic E-state index is 14.3. The number of hydrogen-bond acceptors (Lipinski definition) is 9. The van der Waals surface area contributed by atoms with Crippen molar-refractivity contribution in [1.82, 2.24) is 30.1 Å². The molecule has 4 aromatic rings. The first-order valence-corrected chi connectivity index (χ1v) is 13.4. The molecule has 3 N–H and O–H groups in total. The van der Waals surface area contributed by atoms with Crippen LogP contribution in [0.25, 0.3) is 21.0 Å². The van der Waals surface area contributed by atoms with Gasteiger partial charge in [-0.2, -0.15) is 4.39 Å². The number of hydrogen-bond donors (Lipinski definition) is 3.